The monoisotopic (exact) mass is 282 g/mol. The lowest BCUT2D eigenvalue weighted by molar-refractivity contribution is 0.0500. The van der Waals surface area contributed by atoms with Gasteiger partial charge in [-0.2, -0.15) is 0 Å². The van der Waals surface area contributed by atoms with Crippen molar-refractivity contribution in [1.82, 2.24) is 0 Å². The predicted octanol–water partition coefficient (Wildman–Crippen LogP) is 3.68. The highest BCUT2D eigenvalue weighted by atomic mass is 16.5. The zero-order valence-electron chi connectivity index (χ0n) is 12.0. The number of esters is 1. The molecule has 3 heteroatoms. The summed E-state index contributed by atoms with van der Waals surface area (Å²) in [6, 6.07) is 16.5. The zero-order valence-corrected chi connectivity index (χ0v) is 12.0. The Morgan fingerprint density at radius 3 is 2.19 bits per heavy atom. The van der Waals surface area contributed by atoms with Crippen LogP contribution in [0.3, 0.4) is 0 Å². The molecular weight excluding hydrogens is 264 g/mol. The predicted molar refractivity (Wildman–Crippen MR) is 81.5 cm³/mol. The number of ketones is 1. The zero-order chi connectivity index (χ0) is 15.1. The van der Waals surface area contributed by atoms with Gasteiger partial charge in [0.15, 0.2) is 5.78 Å². The first kappa shape index (κ1) is 15.0. The molecule has 0 amide bonds. The van der Waals surface area contributed by atoms with E-state index < -0.39 is 0 Å². The van der Waals surface area contributed by atoms with E-state index in [1.165, 1.54) is 0 Å². The molecule has 0 spiro atoms. The van der Waals surface area contributed by atoms with Gasteiger partial charge < -0.3 is 4.74 Å². The summed E-state index contributed by atoms with van der Waals surface area (Å²) in [6.07, 6.45) is 1.58. The summed E-state index contributed by atoms with van der Waals surface area (Å²) in [5, 5.41) is 0. The molecule has 2 rings (SSSR count). The Morgan fingerprint density at radius 1 is 0.905 bits per heavy atom. The van der Waals surface area contributed by atoms with Gasteiger partial charge in [-0.25, -0.2) is 4.79 Å². The largest absolute Gasteiger partial charge is 0.462 e. The molecular formula is C18H18O3. The fourth-order valence-corrected chi connectivity index (χ4v) is 2.00. The molecule has 0 radical (unpaired) electrons. The van der Waals surface area contributed by atoms with Crippen LogP contribution in [0, 0.1) is 0 Å². The molecule has 0 atom stereocenters. The van der Waals surface area contributed by atoms with E-state index in [2.05, 4.69) is 0 Å². The smallest absolute Gasteiger partial charge is 0.338 e. The van der Waals surface area contributed by atoms with E-state index >= 15 is 0 Å². The minimum absolute atomic E-state index is 0.0679. The summed E-state index contributed by atoms with van der Waals surface area (Å²) in [5.41, 5.74) is 2.42. The molecule has 0 fully saturated rings. The van der Waals surface area contributed by atoms with Crippen molar-refractivity contribution in [2.45, 2.75) is 19.8 Å². The van der Waals surface area contributed by atoms with Gasteiger partial charge in [-0.3, -0.25) is 4.79 Å². The third-order valence-corrected chi connectivity index (χ3v) is 3.21. The second kappa shape index (κ2) is 7.39. The number of carbonyl (C=O) groups excluding carboxylic acids is 2. The highest BCUT2D eigenvalue weighted by Crippen LogP contribution is 2.08. The van der Waals surface area contributed by atoms with Gasteiger partial charge >= 0.3 is 5.97 Å². The molecule has 0 bridgehead atoms. The summed E-state index contributed by atoms with van der Waals surface area (Å²) in [6.45, 7) is 1.94. The van der Waals surface area contributed by atoms with E-state index in [9.17, 15) is 9.59 Å². The first-order chi connectivity index (χ1) is 10.2. The maximum atomic E-state index is 11.7. The minimum Gasteiger partial charge on any atom is -0.462 e. The van der Waals surface area contributed by atoms with Crippen LogP contribution in [0.25, 0.3) is 0 Å². The van der Waals surface area contributed by atoms with Crippen LogP contribution in [0.5, 0.6) is 0 Å². The fourth-order valence-electron chi connectivity index (χ4n) is 2.00. The molecule has 2 aromatic carbocycles. The van der Waals surface area contributed by atoms with Crippen molar-refractivity contribution in [3.8, 4) is 0 Å². The van der Waals surface area contributed by atoms with Gasteiger partial charge in [0.2, 0.25) is 0 Å². The lowest BCUT2D eigenvalue weighted by atomic mass is 10.1. The molecule has 108 valence electrons. The highest BCUT2D eigenvalue weighted by molar-refractivity contribution is 5.94. The number of benzene rings is 2. The Labute approximate surface area is 124 Å². The molecule has 2 aromatic rings. The van der Waals surface area contributed by atoms with E-state index in [-0.39, 0.29) is 11.8 Å². The Bertz CT molecular complexity index is 600. The van der Waals surface area contributed by atoms with Crippen molar-refractivity contribution in [1.29, 1.82) is 0 Å². The SMILES string of the molecule is CC(=O)c1ccc(CCCOC(=O)c2ccccc2)cc1. The molecule has 21 heavy (non-hydrogen) atoms. The Hall–Kier alpha value is -2.42. The molecule has 0 N–H and O–H groups in total. The molecule has 0 aromatic heterocycles. The number of aryl methyl sites for hydroxylation is 1. The Balaban J connectivity index is 1.75. The number of hydrogen-bond donors (Lipinski definition) is 0. The van der Waals surface area contributed by atoms with Crippen molar-refractivity contribution < 1.29 is 14.3 Å². The number of Topliss-reactive ketones (excluding diaryl/α,β-unsaturated/α-hetero) is 1. The first-order valence-electron chi connectivity index (χ1n) is 6.99. The van der Waals surface area contributed by atoms with Crippen molar-refractivity contribution in [2.75, 3.05) is 6.61 Å². The topological polar surface area (TPSA) is 43.4 Å². The summed E-state index contributed by atoms with van der Waals surface area (Å²) >= 11 is 0. The van der Waals surface area contributed by atoms with Crippen LogP contribution in [-0.4, -0.2) is 18.4 Å². The van der Waals surface area contributed by atoms with Gasteiger partial charge in [-0.1, -0.05) is 42.5 Å². The van der Waals surface area contributed by atoms with Gasteiger partial charge in [0.25, 0.3) is 0 Å². The van der Waals surface area contributed by atoms with Crippen LogP contribution in [0.4, 0.5) is 0 Å². The number of hydrogen-bond acceptors (Lipinski definition) is 3. The second-order valence-corrected chi connectivity index (χ2v) is 4.86. The Morgan fingerprint density at radius 2 is 1.57 bits per heavy atom. The molecule has 0 heterocycles. The first-order valence-corrected chi connectivity index (χ1v) is 6.99. The summed E-state index contributed by atoms with van der Waals surface area (Å²) in [4.78, 5) is 22.9. The molecule has 0 saturated heterocycles. The van der Waals surface area contributed by atoms with E-state index in [1.807, 2.05) is 42.5 Å². The molecule has 0 aliphatic rings. The average Bonchev–Trinajstić information content (AvgIpc) is 2.52. The molecule has 0 unspecified atom stereocenters. The maximum absolute atomic E-state index is 11.7. The molecule has 0 aliphatic carbocycles. The maximum Gasteiger partial charge on any atom is 0.338 e. The fraction of sp³-hybridized carbons (Fsp3) is 0.222. The van der Waals surface area contributed by atoms with Crippen LogP contribution in [0.15, 0.2) is 54.6 Å². The van der Waals surface area contributed by atoms with Crippen molar-refractivity contribution in [3.63, 3.8) is 0 Å². The quantitative estimate of drug-likeness (QED) is 0.461. The lowest BCUT2D eigenvalue weighted by Crippen LogP contribution is -2.06. The van der Waals surface area contributed by atoms with Gasteiger partial charge in [-0.15, -0.1) is 0 Å². The van der Waals surface area contributed by atoms with Gasteiger partial charge in [0.05, 0.1) is 12.2 Å². The summed E-state index contributed by atoms with van der Waals surface area (Å²) < 4.78 is 5.22. The third kappa shape index (κ3) is 4.56. The second-order valence-electron chi connectivity index (χ2n) is 4.86. The average molecular weight is 282 g/mol. The van der Waals surface area contributed by atoms with E-state index in [4.69, 9.17) is 4.74 Å². The van der Waals surface area contributed by atoms with Gasteiger partial charge in [-0.05, 0) is 37.5 Å². The Kier molecular flexibility index (Phi) is 5.27. The lowest BCUT2D eigenvalue weighted by Gasteiger charge is -2.05. The van der Waals surface area contributed by atoms with Crippen LogP contribution in [0.2, 0.25) is 0 Å². The van der Waals surface area contributed by atoms with Gasteiger partial charge in [0.1, 0.15) is 0 Å². The molecule has 3 nitrogen and oxygen atoms in total. The summed E-state index contributed by atoms with van der Waals surface area (Å²) in [7, 11) is 0. The normalized spacial score (nSPS) is 10.1. The molecule has 0 aliphatic heterocycles. The van der Waals surface area contributed by atoms with Gasteiger partial charge in [0, 0.05) is 5.56 Å². The third-order valence-electron chi connectivity index (χ3n) is 3.21. The van der Waals surface area contributed by atoms with Crippen molar-refractivity contribution in [2.24, 2.45) is 0 Å². The van der Waals surface area contributed by atoms with Crippen LogP contribution in [0.1, 0.15) is 39.6 Å². The highest BCUT2D eigenvalue weighted by Gasteiger charge is 2.05. The standard InChI is InChI=1S/C18H18O3/c1-14(19)16-11-9-15(10-12-16)6-5-13-21-18(20)17-7-3-2-4-8-17/h2-4,7-12H,5-6,13H2,1H3. The summed E-state index contributed by atoms with van der Waals surface area (Å²) in [5.74, 6) is -0.221. The van der Waals surface area contributed by atoms with Crippen LogP contribution >= 0.6 is 0 Å². The van der Waals surface area contributed by atoms with Crippen molar-refractivity contribution in [3.05, 3.63) is 71.3 Å². The van der Waals surface area contributed by atoms with E-state index in [1.54, 1.807) is 19.1 Å². The van der Waals surface area contributed by atoms with E-state index in [0.29, 0.717) is 17.7 Å². The minimum atomic E-state index is -0.289. The van der Waals surface area contributed by atoms with Crippen LogP contribution in [-0.2, 0) is 11.2 Å². The van der Waals surface area contributed by atoms with Crippen molar-refractivity contribution >= 4 is 11.8 Å². The number of rotatable bonds is 6. The van der Waals surface area contributed by atoms with Crippen LogP contribution < -0.4 is 0 Å². The number of carbonyl (C=O) groups is 2. The van der Waals surface area contributed by atoms with E-state index in [0.717, 1.165) is 18.4 Å². The molecule has 0 saturated carbocycles. The number of ether oxygens (including phenoxy) is 1.